The molecule has 2 heterocycles. The average Bonchev–Trinajstić information content (AvgIpc) is 3.07. The van der Waals surface area contributed by atoms with Gasteiger partial charge in [0.05, 0.1) is 25.4 Å². The summed E-state index contributed by atoms with van der Waals surface area (Å²) in [5.41, 5.74) is -0.583. The molecule has 5 unspecified atom stereocenters. The molecule has 1 aromatic carbocycles. The van der Waals surface area contributed by atoms with E-state index in [4.69, 9.17) is 9.47 Å². The number of aliphatic hydroxyl groups is 3. The summed E-state index contributed by atoms with van der Waals surface area (Å²) in [7, 11) is 0. The van der Waals surface area contributed by atoms with Crippen molar-refractivity contribution in [3.05, 3.63) is 47.4 Å². The Kier molecular flexibility index (Phi) is 3.68. The predicted octanol–water partition coefficient (Wildman–Crippen LogP) is 1.82. The molecule has 2 saturated heterocycles. The van der Waals surface area contributed by atoms with Crippen molar-refractivity contribution in [3.63, 3.8) is 0 Å². The van der Waals surface area contributed by atoms with Gasteiger partial charge < -0.3 is 35.0 Å². The zero-order valence-corrected chi connectivity index (χ0v) is 13.4. The van der Waals surface area contributed by atoms with Crippen LogP contribution >= 0.6 is 0 Å². The second-order valence-corrected chi connectivity index (χ2v) is 6.87. The molecule has 2 fully saturated rings. The van der Waals surface area contributed by atoms with Gasteiger partial charge in [-0.3, -0.25) is 0 Å². The minimum atomic E-state index is -1.24. The SMILES string of the molecule is OC1=CCC(C2OCC3C(c4ccc(O)c(O)c4)OCC32O)C=C1O. The van der Waals surface area contributed by atoms with Crippen LogP contribution in [-0.2, 0) is 9.47 Å². The van der Waals surface area contributed by atoms with E-state index in [1.54, 1.807) is 6.07 Å². The van der Waals surface area contributed by atoms with Crippen LogP contribution in [0.2, 0.25) is 0 Å². The van der Waals surface area contributed by atoms with Gasteiger partial charge >= 0.3 is 0 Å². The first kappa shape index (κ1) is 16.3. The number of allylic oxidation sites excluding steroid dienone is 1. The number of phenolic OH excluding ortho intramolecular Hbond substituents is 2. The van der Waals surface area contributed by atoms with Crippen molar-refractivity contribution in [1.82, 2.24) is 0 Å². The first-order chi connectivity index (χ1) is 11.9. The van der Waals surface area contributed by atoms with Crippen LogP contribution in [0.5, 0.6) is 11.5 Å². The highest BCUT2D eigenvalue weighted by atomic mass is 16.6. The van der Waals surface area contributed by atoms with Gasteiger partial charge in [-0.15, -0.1) is 0 Å². The molecule has 0 amide bonds. The van der Waals surface area contributed by atoms with Gasteiger partial charge in [0.25, 0.3) is 0 Å². The van der Waals surface area contributed by atoms with Crippen LogP contribution < -0.4 is 0 Å². The Morgan fingerprint density at radius 2 is 1.80 bits per heavy atom. The molecule has 3 aliphatic rings. The topological polar surface area (TPSA) is 120 Å². The van der Waals surface area contributed by atoms with Gasteiger partial charge in [0.15, 0.2) is 23.0 Å². The van der Waals surface area contributed by atoms with Crippen molar-refractivity contribution in [2.75, 3.05) is 13.2 Å². The lowest BCUT2D eigenvalue weighted by Gasteiger charge is -2.32. The molecular weight excluding hydrogens is 328 g/mol. The molecule has 0 aromatic heterocycles. The molecule has 7 nitrogen and oxygen atoms in total. The minimum absolute atomic E-state index is 0.0649. The van der Waals surface area contributed by atoms with Gasteiger partial charge in [0, 0.05) is 11.8 Å². The van der Waals surface area contributed by atoms with E-state index in [1.165, 1.54) is 24.3 Å². The van der Waals surface area contributed by atoms with E-state index in [0.717, 1.165) is 0 Å². The number of hydrogen-bond donors (Lipinski definition) is 5. The van der Waals surface area contributed by atoms with Crippen LogP contribution in [0.1, 0.15) is 18.1 Å². The molecule has 5 atom stereocenters. The molecule has 0 spiro atoms. The molecule has 1 aromatic rings. The standard InChI is InChI=1S/C18H20O7/c19-12-3-1-9(5-14(12)21)16-11-7-24-17(18(11,23)8-25-16)10-2-4-13(20)15(22)6-10/h1,3-6,10-11,16-17,19-23H,2,7-8H2. The smallest absolute Gasteiger partial charge is 0.157 e. The maximum absolute atomic E-state index is 11.2. The Morgan fingerprint density at radius 3 is 2.52 bits per heavy atom. The number of benzene rings is 1. The molecular formula is C18H20O7. The number of phenols is 2. The number of aromatic hydroxyl groups is 2. The third kappa shape index (κ3) is 2.47. The quantitative estimate of drug-likeness (QED) is 0.517. The van der Waals surface area contributed by atoms with Gasteiger partial charge in [-0.1, -0.05) is 6.07 Å². The first-order valence-electron chi connectivity index (χ1n) is 8.18. The van der Waals surface area contributed by atoms with E-state index in [2.05, 4.69) is 0 Å². The fourth-order valence-electron chi connectivity index (χ4n) is 4.04. The number of aliphatic hydroxyl groups excluding tert-OH is 2. The van der Waals surface area contributed by atoms with Crippen molar-refractivity contribution >= 4 is 0 Å². The third-order valence-corrected chi connectivity index (χ3v) is 5.38. The summed E-state index contributed by atoms with van der Waals surface area (Å²) in [5.74, 6) is -1.46. The van der Waals surface area contributed by atoms with E-state index < -0.39 is 17.8 Å². The maximum Gasteiger partial charge on any atom is 0.157 e. The van der Waals surface area contributed by atoms with Crippen LogP contribution in [0, 0.1) is 11.8 Å². The van der Waals surface area contributed by atoms with Gasteiger partial charge in [-0.25, -0.2) is 0 Å². The zero-order valence-electron chi connectivity index (χ0n) is 13.4. The monoisotopic (exact) mass is 348 g/mol. The predicted molar refractivity (Wildman–Crippen MR) is 86.2 cm³/mol. The van der Waals surface area contributed by atoms with Gasteiger partial charge in [-0.2, -0.15) is 0 Å². The fourth-order valence-corrected chi connectivity index (χ4v) is 4.04. The van der Waals surface area contributed by atoms with Crippen molar-refractivity contribution in [3.8, 4) is 11.5 Å². The second kappa shape index (κ2) is 5.66. The molecule has 25 heavy (non-hydrogen) atoms. The molecule has 0 saturated carbocycles. The molecule has 0 radical (unpaired) electrons. The summed E-state index contributed by atoms with van der Waals surface area (Å²) in [6.45, 7) is 0.337. The fraction of sp³-hybridized carbons (Fsp3) is 0.444. The number of ether oxygens (including phenoxy) is 2. The van der Waals surface area contributed by atoms with Crippen LogP contribution in [0.3, 0.4) is 0 Å². The lowest BCUT2D eigenvalue weighted by Crippen LogP contribution is -2.47. The van der Waals surface area contributed by atoms with Crippen molar-refractivity contribution in [1.29, 1.82) is 0 Å². The van der Waals surface area contributed by atoms with Gasteiger partial charge in [0.1, 0.15) is 5.60 Å². The van der Waals surface area contributed by atoms with Crippen LogP contribution in [0.4, 0.5) is 0 Å². The highest BCUT2D eigenvalue weighted by Crippen LogP contribution is 2.51. The number of fused-ring (bicyclic) bond motifs is 1. The lowest BCUT2D eigenvalue weighted by atomic mass is 9.77. The normalized spacial score (nSPS) is 37.5. The maximum atomic E-state index is 11.2. The molecule has 0 bridgehead atoms. The Morgan fingerprint density at radius 1 is 1.00 bits per heavy atom. The average molecular weight is 348 g/mol. The molecule has 134 valence electrons. The van der Waals surface area contributed by atoms with E-state index in [-0.39, 0.29) is 48.1 Å². The second-order valence-electron chi connectivity index (χ2n) is 6.87. The van der Waals surface area contributed by atoms with E-state index in [1.807, 2.05) is 0 Å². The highest BCUT2D eigenvalue weighted by molar-refractivity contribution is 5.42. The summed E-state index contributed by atoms with van der Waals surface area (Å²) in [5, 5.41) is 49.6. The van der Waals surface area contributed by atoms with E-state index in [9.17, 15) is 25.5 Å². The third-order valence-electron chi connectivity index (χ3n) is 5.38. The number of rotatable bonds is 2. The Labute approximate surface area is 144 Å². The zero-order chi connectivity index (χ0) is 17.8. The van der Waals surface area contributed by atoms with Crippen LogP contribution in [0.15, 0.2) is 41.9 Å². The molecule has 2 aliphatic heterocycles. The van der Waals surface area contributed by atoms with E-state index in [0.29, 0.717) is 12.0 Å². The molecule has 4 rings (SSSR count). The van der Waals surface area contributed by atoms with E-state index >= 15 is 0 Å². The molecule has 7 heteroatoms. The molecule has 1 aliphatic carbocycles. The Bertz CT molecular complexity index is 756. The van der Waals surface area contributed by atoms with Crippen molar-refractivity contribution < 1.29 is 35.0 Å². The van der Waals surface area contributed by atoms with Crippen molar-refractivity contribution in [2.45, 2.75) is 24.2 Å². The first-order valence-corrected chi connectivity index (χ1v) is 8.18. The lowest BCUT2D eigenvalue weighted by molar-refractivity contribution is -0.0778. The van der Waals surface area contributed by atoms with Crippen molar-refractivity contribution in [2.24, 2.45) is 11.8 Å². The summed E-state index contributed by atoms with van der Waals surface area (Å²) in [6, 6.07) is 4.45. The summed E-state index contributed by atoms with van der Waals surface area (Å²) < 4.78 is 11.6. The van der Waals surface area contributed by atoms with Crippen LogP contribution in [0.25, 0.3) is 0 Å². The number of hydrogen-bond acceptors (Lipinski definition) is 7. The van der Waals surface area contributed by atoms with Gasteiger partial charge in [0.2, 0.25) is 0 Å². The molecule has 5 N–H and O–H groups in total. The summed E-state index contributed by atoms with van der Waals surface area (Å²) >= 11 is 0. The summed E-state index contributed by atoms with van der Waals surface area (Å²) in [6.07, 6.45) is 2.41. The highest BCUT2D eigenvalue weighted by Gasteiger charge is 2.60. The van der Waals surface area contributed by atoms with Crippen LogP contribution in [-0.4, -0.2) is 50.5 Å². The largest absolute Gasteiger partial charge is 0.504 e. The van der Waals surface area contributed by atoms with Gasteiger partial charge in [-0.05, 0) is 36.3 Å². The minimum Gasteiger partial charge on any atom is -0.504 e. The Hall–Kier alpha value is -2.22. The summed E-state index contributed by atoms with van der Waals surface area (Å²) in [4.78, 5) is 0. The Balaban J connectivity index is 1.59.